The smallest absolute Gasteiger partial charge is 0.279 e. The van der Waals surface area contributed by atoms with Crippen molar-refractivity contribution in [2.45, 2.75) is 39.3 Å². The highest BCUT2D eigenvalue weighted by Gasteiger charge is 2.29. The van der Waals surface area contributed by atoms with E-state index in [-0.39, 0.29) is 35.0 Å². The molecule has 1 aromatic carbocycles. The Kier molecular flexibility index (Phi) is 7.01. The molecule has 2 rings (SSSR count). The quantitative estimate of drug-likeness (QED) is 0.790. The second-order valence-corrected chi connectivity index (χ2v) is 9.05. The predicted octanol–water partition coefficient (Wildman–Crippen LogP) is 2.39. The van der Waals surface area contributed by atoms with Crippen LogP contribution >= 0.6 is 11.6 Å². The fourth-order valence-electron chi connectivity index (χ4n) is 2.87. The van der Waals surface area contributed by atoms with Crippen molar-refractivity contribution < 1.29 is 17.6 Å². The van der Waals surface area contributed by atoms with Gasteiger partial charge in [-0.1, -0.05) is 31.5 Å². The molecule has 1 aliphatic heterocycles. The molecule has 9 heteroatoms. The number of nitrogens with zero attached hydrogens (tertiary/aromatic N) is 2. The summed E-state index contributed by atoms with van der Waals surface area (Å²) in [7, 11) is -2.41. The molecule has 0 aromatic heterocycles. The number of rotatable bonds is 6. The van der Waals surface area contributed by atoms with Crippen LogP contribution in [0.1, 0.15) is 32.3 Å². The van der Waals surface area contributed by atoms with E-state index in [1.165, 1.54) is 25.2 Å². The maximum Gasteiger partial charge on any atom is 0.279 e. The van der Waals surface area contributed by atoms with E-state index in [0.29, 0.717) is 25.9 Å². The van der Waals surface area contributed by atoms with E-state index < -0.39 is 16.0 Å². The number of hydrogen-bond donors (Lipinski definition) is 1. The minimum Gasteiger partial charge on any atom is -0.342 e. The molecule has 1 N–H and O–H groups in total. The Morgan fingerprint density at radius 3 is 2.54 bits per heavy atom. The molecule has 26 heavy (non-hydrogen) atoms. The van der Waals surface area contributed by atoms with E-state index in [1.54, 1.807) is 4.90 Å². The first kappa shape index (κ1) is 21.1. The lowest BCUT2D eigenvalue weighted by Gasteiger charge is -2.34. The Balaban J connectivity index is 1.95. The number of piperidine rings is 1. The number of hydrogen-bond acceptors (Lipinski definition) is 3. The van der Waals surface area contributed by atoms with Gasteiger partial charge in [-0.05, 0) is 25.0 Å². The van der Waals surface area contributed by atoms with Gasteiger partial charge in [0.2, 0.25) is 5.91 Å². The summed E-state index contributed by atoms with van der Waals surface area (Å²) in [5.41, 5.74) is 0.138. The van der Waals surface area contributed by atoms with Crippen LogP contribution in [0.25, 0.3) is 0 Å². The van der Waals surface area contributed by atoms with E-state index in [1.807, 2.05) is 13.8 Å². The largest absolute Gasteiger partial charge is 0.342 e. The second kappa shape index (κ2) is 8.65. The maximum atomic E-state index is 13.9. The lowest BCUT2D eigenvalue weighted by molar-refractivity contribution is -0.135. The number of halogens is 2. The third-order valence-corrected chi connectivity index (χ3v) is 6.40. The van der Waals surface area contributed by atoms with Gasteiger partial charge >= 0.3 is 0 Å². The van der Waals surface area contributed by atoms with Gasteiger partial charge in [-0.3, -0.25) is 4.79 Å². The summed E-state index contributed by atoms with van der Waals surface area (Å²) in [5, 5.41) is 0.188. The van der Waals surface area contributed by atoms with Gasteiger partial charge in [0.05, 0.1) is 0 Å². The number of carbonyl (C=O) groups is 1. The molecule has 1 aromatic rings. The van der Waals surface area contributed by atoms with Crippen LogP contribution in [0.15, 0.2) is 18.2 Å². The SMILES string of the molecule is CC(C)C(=O)N1CCC(NS(=O)(=O)N(C)Cc2c(F)cccc2Cl)CC1. The summed E-state index contributed by atoms with van der Waals surface area (Å²) < 4.78 is 42.6. The molecule has 6 nitrogen and oxygen atoms in total. The van der Waals surface area contributed by atoms with Gasteiger partial charge in [0.1, 0.15) is 5.82 Å². The first-order valence-electron chi connectivity index (χ1n) is 8.57. The van der Waals surface area contributed by atoms with Crippen LogP contribution in [-0.4, -0.2) is 49.7 Å². The molecule has 0 aliphatic carbocycles. The maximum absolute atomic E-state index is 13.9. The Labute approximate surface area is 159 Å². The zero-order chi connectivity index (χ0) is 19.5. The van der Waals surface area contributed by atoms with E-state index in [9.17, 15) is 17.6 Å². The summed E-state index contributed by atoms with van der Waals surface area (Å²) in [6.07, 6.45) is 1.10. The Bertz CT molecular complexity index is 729. The van der Waals surface area contributed by atoms with Crippen LogP contribution in [0.3, 0.4) is 0 Å². The Hall–Kier alpha value is -1.22. The number of carbonyl (C=O) groups excluding carboxylic acids is 1. The minimum atomic E-state index is -3.79. The first-order chi connectivity index (χ1) is 12.1. The van der Waals surface area contributed by atoms with Crippen LogP contribution in [-0.2, 0) is 21.5 Å². The molecule has 1 aliphatic rings. The molecule has 0 radical (unpaired) electrons. The molecule has 146 valence electrons. The lowest BCUT2D eigenvalue weighted by atomic mass is 10.0. The Morgan fingerprint density at radius 2 is 2.00 bits per heavy atom. The highest BCUT2D eigenvalue weighted by atomic mass is 35.5. The summed E-state index contributed by atoms with van der Waals surface area (Å²) in [6, 6.07) is 3.99. The van der Waals surface area contributed by atoms with Gasteiger partial charge in [0.25, 0.3) is 10.2 Å². The van der Waals surface area contributed by atoms with Crippen molar-refractivity contribution in [3.05, 3.63) is 34.6 Å². The third-order valence-electron chi connectivity index (χ3n) is 4.47. The molecule has 1 fully saturated rings. The van der Waals surface area contributed by atoms with Crippen LogP contribution in [0.5, 0.6) is 0 Å². The van der Waals surface area contributed by atoms with E-state index in [2.05, 4.69) is 4.72 Å². The monoisotopic (exact) mass is 405 g/mol. The molecular formula is C17H25ClFN3O3S. The van der Waals surface area contributed by atoms with Crippen molar-refractivity contribution >= 4 is 27.7 Å². The molecule has 1 heterocycles. The van der Waals surface area contributed by atoms with Crippen molar-refractivity contribution in [1.82, 2.24) is 13.9 Å². The summed E-state index contributed by atoms with van der Waals surface area (Å²) in [4.78, 5) is 13.8. The van der Waals surface area contributed by atoms with Crippen molar-refractivity contribution in [3.8, 4) is 0 Å². The van der Waals surface area contributed by atoms with E-state index in [0.717, 1.165) is 4.31 Å². The van der Waals surface area contributed by atoms with Gasteiger partial charge in [-0.25, -0.2) is 4.39 Å². The normalized spacial score (nSPS) is 16.5. The average Bonchev–Trinajstić information content (AvgIpc) is 2.57. The molecule has 0 spiro atoms. The van der Waals surface area contributed by atoms with Gasteiger partial charge in [0.15, 0.2) is 0 Å². The standard InChI is InChI=1S/C17H25ClFN3O3S/c1-12(2)17(23)22-9-7-13(8-10-22)20-26(24,25)21(3)11-14-15(18)5-4-6-16(14)19/h4-6,12-13,20H,7-11H2,1-3H3. The van der Waals surface area contributed by atoms with Crippen molar-refractivity contribution in [1.29, 1.82) is 0 Å². The van der Waals surface area contributed by atoms with Crippen LogP contribution in [0.4, 0.5) is 4.39 Å². The van der Waals surface area contributed by atoms with Crippen molar-refractivity contribution in [2.24, 2.45) is 5.92 Å². The molecular weight excluding hydrogens is 381 g/mol. The topological polar surface area (TPSA) is 69.7 Å². The highest BCUT2D eigenvalue weighted by Crippen LogP contribution is 2.21. The van der Waals surface area contributed by atoms with Crippen LogP contribution in [0, 0.1) is 11.7 Å². The van der Waals surface area contributed by atoms with E-state index >= 15 is 0 Å². The van der Waals surface area contributed by atoms with Gasteiger partial charge < -0.3 is 4.90 Å². The predicted molar refractivity (Wildman–Crippen MR) is 99.4 cm³/mol. The number of amides is 1. The van der Waals surface area contributed by atoms with Crippen molar-refractivity contribution in [2.75, 3.05) is 20.1 Å². The van der Waals surface area contributed by atoms with Crippen LogP contribution < -0.4 is 4.72 Å². The zero-order valence-electron chi connectivity index (χ0n) is 15.2. The van der Waals surface area contributed by atoms with Crippen LogP contribution in [0.2, 0.25) is 5.02 Å². The first-order valence-corrected chi connectivity index (χ1v) is 10.4. The van der Waals surface area contributed by atoms with E-state index in [4.69, 9.17) is 11.6 Å². The summed E-state index contributed by atoms with van der Waals surface area (Å²) >= 11 is 5.97. The zero-order valence-corrected chi connectivity index (χ0v) is 16.8. The molecule has 0 bridgehead atoms. The number of likely N-dealkylation sites (tertiary alicyclic amines) is 1. The second-order valence-electron chi connectivity index (χ2n) is 6.83. The fraction of sp³-hybridized carbons (Fsp3) is 0.588. The molecule has 1 saturated heterocycles. The molecule has 0 unspecified atom stereocenters. The van der Waals surface area contributed by atoms with Gasteiger partial charge in [0, 0.05) is 49.2 Å². The summed E-state index contributed by atoms with van der Waals surface area (Å²) in [6.45, 7) is 4.57. The third kappa shape index (κ3) is 5.16. The number of benzene rings is 1. The molecule has 0 saturated carbocycles. The highest BCUT2D eigenvalue weighted by molar-refractivity contribution is 7.87. The van der Waals surface area contributed by atoms with Gasteiger partial charge in [-0.2, -0.15) is 17.4 Å². The van der Waals surface area contributed by atoms with Gasteiger partial charge in [-0.15, -0.1) is 0 Å². The minimum absolute atomic E-state index is 0.0695. The summed E-state index contributed by atoms with van der Waals surface area (Å²) in [5.74, 6) is -0.530. The molecule has 1 amide bonds. The Morgan fingerprint density at radius 1 is 1.38 bits per heavy atom. The average molecular weight is 406 g/mol. The molecule has 0 atom stereocenters. The number of nitrogens with one attached hydrogen (secondary N) is 1. The fourth-order valence-corrected chi connectivity index (χ4v) is 4.23. The van der Waals surface area contributed by atoms with Crippen molar-refractivity contribution in [3.63, 3.8) is 0 Å². The lowest BCUT2D eigenvalue weighted by Crippen LogP contribution is -2.50.